The number of carbonyl (C=O) groups is 1. The molecule has 1 amide bonds. The van der Waals surface area contributed by atoms with E-state index in [0.29, 0.717) is 16.7 Å². The van der Waals surface area contributed by atoms with Crippen molar-refractivity contribution >= 4 is 33.2 Å². The Morgan fingerprint density at radius 1 is 1.58 bits per heavy atom. The Morgan fingerprint density at radius 3 is 2.84 bits per heavy atom. The molecule has 1 aliphatic heterocycles. The summed E-state index contributed by atoms with van der Waals surface area (Å²) in [6.07, 6.45) is 0.781. The number of anilines is 1. The lowest BCUT2D eigenvalue weighted by Crippen LogP contribution is -2.35. The molecule has 0 saturated carbocycles. The summed E-state index contributed by atoms with van der Waals surface area (Å²) in [6.45, 7) is 3.37. The lowest BCUT2D eigenvalue weighted by Gasteiger charge is -2.21. The summed E-state index contributed by atoms with van der Waals surface area (Å²) in [6, 6.07) is 4.28. The lowest BCUT2D eigenvalue weighted by atomic mass is 9.89. The molecule has 1 fully saturated rings. The summed E-state index contributed by atoms with van der Waals surface area (Å²) >= 11 is 3.24. The molecule has 19 heavy (non-hydrogen) atoms. The Morgan fingerprint density at radius 2 is 2.32 bits per heavy atom. The normalized spacial score (nSPS) is 22.2. The number of non-ortho nitro benzene ring substituents is 1. The van der Waals surface area contributed by atoms with Crippen molar-refractivity contribution < 1.29 is 9.72 Å². The van der Waals surface area contributed by atoms with E-state index in [-0.39, 0.29) is 11.6 Å². The summed E-state index contributed by atoms with van der Waals surface area (Å²) in [4.78, 5) is 22.4. The van der Waals surface area contributed by atoms with Gasteiger partial charge in [-0.1, -0.05) is 0 Å². The number of halogens is 1. The van der Waals surface area contributed by atoms with Gasteiger partial charge in [-0.05, 0) is 41.9 Å². The Hall–Kier alpha value is -1.47. The summed E-state index contributed by atoms with van der Waals surface area (Å²) in [5, 5.41) is 16.6. The number of hydrogen-bond donors (Lipinski definition) is 2. The largest absolute Gasteiger partial charge is 0.325 e. The molecule has 1 unspecified atom stereocenters. The van der Waals surface area contributed by atoms with E-state index >= 15 is 0 Å². The van der Waals surface area contributed by atoms with Crippen LogP contribution < -0.4 is 10.6 Å². The van der Waals surface area contributed by atoms with Crippen LogP contribution >= 0.6 is 15.9 Å². The molecule has 102 valence electrons. The minimum Gasteiger partial charge on any atom is -0.325 e. The molecule has 6 nitrogen and oxygen atoms in total. The van der Waals surface area contributed by atoms with Crippen molar-refractivity contribution in [2.24, 2.45) is 5.41 Å². The van der Waals surface area contributed by atoms with Crippen LogP contribution in [-0.2, 0) is 4.79 Å². The smallest absolute Gasteiger partial charge is 0.270 e. The fourth-order valence-electron chi connectivity index (χ4n) is 2.00. The van der Waals surface area contributed by atoms with Gasteiger partial charge in [-0.3, -0.25) is 14.9 Å². The molecule has 1 saturated heterocycles. The third-order valence-electron chi connectivity index (χ3n) is 3.33. The molecule has 0 aromatic heterocycles. The zero-order valence-corrected chi connectivity index (χ0v) is 12.0. The number of nitrogens with zero attached hydrogens (tertiary/aromatic N) is 1. The maximum atomic E-state index is 12.2. The van der Waals surface area contributed by atoms with Crippen molar-refractivity contribution in [1.29, 1.82) is 0 Å². The Bertz CT molecular complexity index is 527. The molecule has 0 aliphatic carbocycles. The summed E-state index contributed by atoms with van der Waals surface area (Å²) in [7, 11) is 0. The van der Waals surface area contributed by atoms with Crippen LogP contribution in [-0.4, -0.2) is 23.9 Å². The summed E-state index contributed by atoms with van der Waals surface area (Å²) in [5.74, 6) is -0.0768. The van der Waals surface area contributed by atoms with Crippen LogP contribution in [0.25, 0.3) is 0 Å². The minimum atomic E-state index is -0.474. The van der Waals surface area contributed by atoms with Gasteiger partial charge in [-0.15, -0.1) is 0 Å². The highest BCUT2D eigenvalue weighted by Crippen LogP contribution is 2.31. The second-order valence-electron chi connectivity index (χ2n) is 4.86. The fourth-order valence-corrected chi connectivity index (χ4v) is 2.47. The zero-order chi connectivity index (χ0) is 14.0. The van der Waals surface area contributed by atoms with Gasteiger partial charge in [0.2, 0.25) is 5.91 Å². The van der Waals surface area contributed by atoms with Crippen LogP contribution in [0.1, 0.15) is 13.3 Å². The highest BCUT2D eigenvalue weighted by Gasteiger charge is 2.36. The Balaban J connectivity index is 2.15. The monoisotopic (exact) mass is 327 g/mol. The van der Waals surface area contributed by atoms with Crippen LogP contribution in [0.15, 0.2) is 22.7 Å². The Labute approximate surface area is 118 Å². The van der Waals surface area contributed by atoms with E-state index in [1.807, 2.05) is 6.92 Å². The quantitative estimate of drug-likeness (QED) is 0.659. The molecule has 1 atom stereocenters. The maximum absolute atomic E-state index is 12.2. The first-order valence-electron chi connectivity index (χ1n) is 5.88. The predicted octanol–water partition coefficient (Wildman–Crippen LogP) is 2.30. The van der Waals surface area contributed by atoms with Gasteiger partial charge in [-0.25, -0.2) is 0 Å². The van der Waals surface area contributed by atoms with Crippen molar-refractivity contribution in [3.05, 3.63) is 32.8 Å². The molecular formula is C12H14BrN3O3. The molecule has 1 aliphatic rings. The standard InChI is InChI=1S/C12H14BrN3O3/c1-12(4-5-14-7-12)11(17)15-10-3-2-8(16(18)19)6-9(10)13/h2-3,6,14H,4-5,7H2,1H3,(H,15,17). The number of hydrogen-bond acceptors (Lipinski definition) is 4. The highest BCUT2D eigenvalue weighted by atomic mass is 79.9. The number of carbonyl (C=O) groups excluding carboxylic acids is 1. The third-order valence-corrected chi connectivity index (χ3v) is 3.98. The van der Waals surface area contributed by atoms with Gasteiger partial charge in [0.1, 0.15) is 0 Å². The number of nitro groups is 1. The molecule has 7 heteroatoms. The van der Waals surface area contributed by atoms with Gasteiger partial charge in [0.25, 0.3) is 5.69 Å². The van der Waals surface area contributed by atoms with Gasteiger partial charge in [0.15, 0.2) is 0 Å². The second kappa shape index (κ2) is 5.26. The molecular weight excluding hydrogens is 314 g/mol. The van der Waals surface area contributed by atoms with E-state index in [1.165, 1.54) is 18.2 Å². The maximum Gasteiger partial charge on any atom is 0.270 e. The predicted molar refractivity (Wildman–Crippen MR) is 75.0 cm³/mol. The van der Waals surface area contributed by atoms with Crippen molar-refractivity contribution in [2.75, 3.05) is 18.4 Å². The SMILES string of the molecule is CC1(C(=O)Nc2ccc([N+](=O)[O-])cc2Br)CCNC1. The molecule has 0 spiro atoms. The molecule has 1 aromatic rings. The van der Waals surface area contributed by atoms with Crippen LogP contribution in [0.3, 0.4) is 0 Å². The first-order valence-corrected chi connectivity index (χ1v) is 6.68. The Kier molecular flexibility index (Phi) is 3.86. The fraction of sp³-hybridized carbons (Fsp3) is 0.417. The van der Waals surface area contributed by atoms with Gasteiger partial charge in [0.05, 0.1) is 16.0 Å². The number of nitro benzene ring substituents is 1. The minimum absolute atomic E-state index is 0.0152. The van der Waals surface area contributed by atoms with Gasteiger partial charge < -0.3 is 10.6 Å². The number of amides is 1. The lowest BCUT2D eigenvalue weighted by molar-refractivity contribution is -0.384. The third kappa shape index (κ3) is 2.93. The van der Waals surface area contributed by atoms with Crippen molar-refractivity contribution in [3.63, 3.8) is 0 Å². The van der Waals surface area contributed by atoms with E-state index in [2.05, 4.69) is 26.6 Å². The van der Waals surface area contributed by atoms with E-state index in [4.69, 9.17) is 0 Å². The van der Waals surface area contributed by atoms with Crippen LogP contribution in [0, 0.1) is 15.5 Å². The average molecular weight is 328 g/mol. The van der Waals surface area contributed by atoms with E-state index in [9.17, 15) is 14.9 Å². The number of rotatable bonds is 3. The van der Waals surface area contributed by atoms with Crippen molar-refractivity contribution in [2.45, 2.75) is 13.3 Å². The van der Waals surface area contributed by atoms with Crippen LogP contribution in [0.5, 0.6) is 0 Å². The van der Waals surface area contributed by atoms with Gasteiger partial charge >= 0.3 is 0 Å². The van der Waals surface area contributed by atoms with Crippen LogP contribution in [0.2, 0.25) is 0 Å². The van der Waals surface area contributed by atoms with E-state index < -0.39 is 10.3 Å². The molecule has 1 aromatic carbocycles. The van der Waals surface area contributed by atoms with Crippen molar-refractivity contribution in [3.8, 4) is 0 Å². The molecule has 0 bridgehead atoms. The summed E-state index contributed by atoms with van der Waals surface area (Å²) < 4.78 is 0.504. The van der Waals surface area contributed by atoms with Gasteiger partial charge in [-0.2, -0.15) is 0 Å². The summed E-state index contributed by atoms with van der Waals surface area (Å²) in [5.41, 5.74) is 0.101. The topological polar surface area (TPSA) is 84.3 Å². The van der Waals surface area contributed by atoms with Crippen molar-refractivity contribution in [1.82, 2.24) is 5.32 Å². The molecule has 1 heterocycles. The number of nitrogens with one attached hydrogen (secondary N) is 2. The highest BCUT2D eigenvalue weighted by molar-refractivity contribution is 9.10. The first-order chi connectivity index (χ1) is 8.92. The zero-order valence-electron chi connectivity index (χ0n) is 10.4. The molecule has 2 rings (SSSR count). The molecule has 0 radical (unpaired) electrons. The van der Waals surface area contributed by atoms with Crippen LogP contribution in [0.4, 0.5) is 11.4 Å². The van der Waals surface area contributed by atoms with E-state index in [1.54, 1.807) is 0 Å². The molecule has 2 N–H and O–H groups in total. The van der Waals surface area contributed by atoms with E-state index in [0.717, 1.165) is 13.0 Å². The second-order valence-corrected chi connectivity index (χ2v) is 5.72. The number of benzene rings is 1. The first kappa shape index (κ1) is 14.0. The van der Waals surface area contributed by atoms with Gasteiger partial charge in [0, 0.05) is 23.2 Å². The average Bonchev–Trinajstić information content (AvgIpc) is 2.80.